The van der Waals surface area contributed by atoms with Crippen LogP contribution >= 0.6 is 0 Å². The minimum Gasteiger partial charge on any atom is -0.316 e. The van der Waals surface area contributed by atoms with Crippen LogP contribution in [0.3, 0.4) is 0 Å². The first kappa shape index (κ1) is 12.6. The second kappa shape index (κ2) is 5.68. The first-order valence-corrected chi connectivity index (χ1v) is 6.94. The largest absolute Gasteiger partial charge is 0.316 e. The van der Waals surface area contributed by atoms with Gasteiger partial charge >= 0.3 is 0 Å². The summed E-state index contributed by atoms with van der Waals surface area (Å²) in [5.74, 6) is 2.37. The highest BCUT2D eigenvalue weighted by Gasteiger charge is 2.26. The SMILES string of the molecule is Cc1cccc(C2CCNCC2CC(C)C)c1. The van der Waals surface area contributed by atoms with Crippen molar-refractivity contribution in [3.8, 4) is 0 Å². The quantitative estimate of drug-likeness (QED) is 0.835. The normalized spacial score (nSPS) is 25.2. The number of hydrogen-bond donors (Lipinski definition) is 1. The van der Waals surface area contributed by atoms with Gasteiger partial charge in [0.25, 0.3) is 0 Å². The van der Waals surface area contributed by atoms with E-state index >= 15 is 0 Å². The third kappa shape index (κ3) is 3.32. The lowest BCUT2D eigenvalue weighted by molar-refractivity contribution is 0.280. The predicted molar refractivity (Wildman–Crippen MR) is 74.4 cm³/mol. The van der Waals surface area contributed by atoms with Gasteiger partial charge in [0.05, 0.1) is 0 Å². The Morgan fingerprint density at radius 3 is 2.88 bits per heavy atom. The Balaban J connectivity index is 2.15. The highest BCUT2D eigenvalue weighted by molar-refractivity contribution is 5.26. The maximum absolute atomic E-state index is 3.55. The molecule has 1 heteroatoms. The zero-order valence-electron chi connectivity index (χ0n) is 11.4. The standard InChI is InChI=1S/C16H25N/c1-12(2)9-15-11-17-8-7-16(15)14-6-4-5-13(3)10-14/h4-6,10,12,15-17H,7-9,11H2,1-3H3. The monoisotopic (exact) mass is 231 g/mol. The third-order valence-electron chi connectivity index (χ3n) is 3.85. The number of rotatable bonds is 3. The first-order valence-electron chi connectivity index (χ1n) is 6.94. The number of nitrogens with one attached hydrogen (secondary N) is 1. The zero-order chi connectivity index (χ0) is 12.3. The van der Waals surface area contributed by atoms with Gasteiger partial charge in [-0.1, -0.05) is 43.7 Å². The van der Waals surface area contributed by atoms with Crippen LogP contribution in [-0.4, -0.2) is 13.1 Å². The summed E-state index contributed by atoms with van der Waals surface area (Å²) in [5, 5.41) is 3.55. The van der Waals surface area contributed by atoms with E-state index in [9.17, 15) is 0 Å². The predicted octanol–water partition coefficient (Wildman–Crippen LogP) is 3.73. The van der Waals surface area contributed by atoms with Crippen LogP contribution in [0.15, 0.2) is 24.3 Å². The Kier molecular flexibility index (Phi) is 4.22. The number of benzene rings is 1. The molecule has 1 aliphatic rings. The molecule has 1 nitrogen and oxygen atoms in total. The van der Waals surface area contributed by atoms with E-state index in [4.69, 9.17) is 0 Å². The Morgan fingerprint density at radius 2 is 2.18 bits per heavy atom. The molecule has 1 aromatic carbocycles. The smallest absolute Gasteiger partial charge is 0.00146 e. The van der Waals surface area contributed by atoms with Gasteiger partial charge in [0.2, 0.25) is 0 Å². The molecule has 0 radical (unpaired) electrons. The molecule has 2 rings (SSSR count). The summed E-state index contributed by atoms with van der Waals surface area (Å²) >= 11 is 0. The fraction of sp³-hybridized carbons (Fsp3) is 0.625. The van der Waals surface area contributed by atoms with Gasteiger partial charge in [0.15, 0.2) is 0 Å². The lowest BCUT2D eigenvalue weighted by Crippen LogP contribution is -2.36. The number of piperidine rings is 1. The molecule has 0 aromatic heterocycles. The van der Waals surface area contributed by atoms with Crippen molar-refractivity contribution in [2.75, 3.05) is 13.1 Å². The van der Waals surface area contributed by atoms with Crippen molar-refractivity contribution in [2.45, 2.75) is 39.5 Å². The summed E-state index contributed by atoms with van der Waals surface area (Å²) in [6.07, 6.45) is 2.63. The summed E-state index contributed by atoms with van der Waals surface area (Å²) in [5.41, 5.74) is 2.95. The van der Waals surface area contributed by atoms with Gasteiger partial charge in [0.1, 0.15) is 0 Å². The van der Waals surface area contributed by atoms with Crippen molar-refractivity contribution in [1.82, 2.24) is 5.32 Å². The van der Waals surface area contributed by atoms with E-state index < -0.39 is 0 Å². The molecular weight excluding hydrogens is 206 g/mol. The molecule has 1 aliphatic heterocycles. The summed E-state index contributed by atoms with van der Waals surface area (Å²) in [6.45, 7) is 9.23. The molecule has 0 bridgehead atoms. The van der Waals surface area contributed by atoms with Gasteiger partial charge in [-0.25, -0.2) is 0 Å². The molecule has 0 saturated carbocycles. The lowest BCUT2D eigenvalue weighted by atomic mass is 9.77. The molecular formula is C16H25N. The van der Waals surface area contributed by atoms with Crippen LogP contribution in [0.1, 0.15) is 43.7 Å². The topological polar surface area (TPSA) is 12.0 Å². The summed E-state index contributed by atoms with van der Waals surface area (Å²) in [7, 11) is 0. The highest BCUT2D eigenvalue weighted by Crippen LogP contribution is 2.34. The second-order valence-corrected chi connectivity index (χ2v) is 5.90. The molecule has 0 amide bonds. The Hall–Kier alpha value is -0.820. The van der Waals surface area contributed by atoms with Gasteiger partial charge in [-0.2, -0.15) is 0 Å². The van der Waals surface area contributed by atoms with Crippen LogP contribution in [0.2, 0.25) is 0 Å². The van der Waals surface area contributed by atoms with Crippen molar-refractivity contribution < 1.29 is 0 Å². The molecule has 1 N–H and O–H groups in total. The molecule has 0 aliphatic carbocycles. The van der Waals surface area contributed by atoms with Crippen LogP contribution < -0.4 is 5.32 Å². The summed E-state index contributed by atoms with van der Waals surface area (Å²) < 4.78 is 0. The van der Waals surface area contributed by atoms with Crippen LogP contribution in [-0.2, 0) is 0 Å². The Labute approximate surface area is 106 Å². The van der Waals surface area contributed by atoms with E-state index in [2.05, 4.69) is 50.4 Å². The van der Waals surface area contributed by atoms with Crippen LogP contribution in [0.25, 0.3) is 0 Å². The first-order chi connectivity index (χ1) is 8.16. The molecule has 2 atom stereocenters. The van der Waals surface area contributed by atoms with E-state index in [1.54, 1.807) is 5.56 Å². The highest BCUT2D eigenvalue weighted by atomic mass is 14.9. The fourth-order valence-corrected chi connectivity index (χ4v) is 3.12. The molecule has 1 aromatic rings. The molecule has 1 saturated heterocycles. The maximum Gasteiger partial charge on any atom is -0.00146 e. The van der Waals surface area contributed by atoms with E-state index in [1.807, 2.05) is 0 Å². The molecule has 94 valence electrons. The average Bonchev–Trinajstić information content (AvgIpc) is 2.29. The van der Waals surface area contributed by atoms with Crippen molar-refractivity contribution in [3.63, 3.8) is 0 Å². The van der Waals surface area contributed by atoms with Crippen molar-refractivity contribution >= 4 is 0 Å². The fourth-order valence-electron chi connectivity index (χ4n) is 3.12. The van der Waals surface area contributed by atoms with E-state index in [0.29, 0.717) is 0 Å². The van der Waals surface area contributed by atoms with Crippen molar-refractivity contribution in [1.29, 1.82) is 0 Å². The lowest BCUT2D eigenvalue weighted by Gasteiger charge is -2.34. The van der Waals surface area contributed by atoms with Gasteiger partial charge < -0.3 is 5.32 Å². The van der Waals surface area contributed by atoms with E-state index in [1.165, 1.54) is 31.5 Å². The van der Waals surface area contributed by atoms with Gasteiger partial charge in [-0.3, -0.25) is 0 Å². The molecule has 17 heavy (non-hydrogen) atoms. The van der Waals surface area contributed by atoms with Crippen LogP contribution in [0, 0.1) is 18.8 Å². The second-order valence-electron chi connectivity index (χ2n) is 5.90. The number of aryl methyl sites for hydroxylation is 1. The van der Waals surface area contributed by atoms with Gasteiger partial charge in [-0.15, -0.1) is 0 Å². The van der Waals surface area contributed by atoms with Crippen molar-refractivity contribution in [2.24, 2.45) is 11.8 Å². The van der Waals surface area contributed by atoms with Gasteiger partial charge in [0, 0.05) is 0 Å². The minimum atomic E-state index is 0.763. The Bertz CT molecular complexity index is 356. The van der Waals surface area contributed by atoms with Crippen LogP contribution in [0.5, 0.6) is 0 Å². The summed E-state index contributed by atoms with van der Waals surface area (Å²) in [4.78, 5) is 0. The molecule has 1 heterocycles. The third-order valence-corrected chi connectivity index (χ3v) is 3.85. The number of hydrogen-bond acceptors (Lipinski definition) is 1. The summed E-state index contributed by atoms with van der Waals surface area (Å²) in [6, 6.07) is 9.10. The minimum absolute atomic E-state index is 0.763. The van der Waals surface area contributed by atoms with E-state index in [0.717, 1.165) is 17.8 Å². The van der Waals surface area contributed by atoms with Crippen LogP contribution in [0.4, 0.5) is 0 Å². The Morgan fingerprint density at radius 1 is 1.35 bits per heavy atom. The maximum atomic E-state index is 3.55. The molecule has 1 fully saturated rings. The van der Waals surface area contributed by atoms with Crippen molar-refractivity contribution in [3.05, 3.63) is 35.4 Å². The van der Waals surface area contributed by atoms with E-state index in [-0.39, 0.29) is 0 Å². The average molecular weight is 231 g/mol. The molecule has 2 unspecified atom stereocenters. The zero-order valence-corrected chi connectivity index (χ0v) is 11.4. The van der Waals surface area contributed by atoms with Gasteiger partial charge in [-0.05, 0) is 56.2 Å². The molecule has 0 spiro atoms.